The van der Waals surface area contributed by atoms with Gasteiger partial charge in [-0.25, -0.2) is 4.79 Å². The van der Waals surface area contributed by atoms with E-state index in [9.17, 15) is 14.4 Å². The second-order valence-electron chi connectivity index (χ2n) is 4.21. The molecular formula is C10H19N3O4. The topological polar surface area (TPSA) is 108 Å². The molecule has 0 saturated carbocycles. The van der Waals surface area contributed by atoms with Crippen LogP contribution in [0.1, 0.15) is 33.6 Å². The zero-order valence-corrected chi connectivity index (χ0v) is 10.2. The van der Waals surface area contributed by atoms with Gasteiger partial charge in [0.25, 0.3) is 0 Å². The van der Waals surface area contributed by atoms with E-state index in [1.165, 1.54) is 6.92 Å². The Kier molecular flexibility index (Phi) is 6.69. The molecule has 0 fully saturated rings. The van der Waals surface area contributed by atoms with Crippen molar-refractivity contribution < 1.29 is 19.5 Å². The summed E-state index contributed by atoms with van der Waals surface area (Å²) in [4.78, 5) is 32.4. The number of hydrazine groups is 1. The van der Waals surface area contributed by atoms with Crippen LogP contribution in [-0.4, -0.2) is 29.1 Å². The van der Waals surface area contributed by atoms with Crippen LogP contribution >= 0.6 is 0 Å². The van der Waals surface area contributed by atoms with E-state index >= 15 is 0 Å². The molecule has 7 nitrogen and oxygen atoms in total. The van der Waals surface area contributed by atoms with Crippen LogP contribution in [0.5, 0.6) is 0 Å². The second-order valence-corrected chi connectivity index (χ2v) is 4.21. The fraction of sp³-hybridized carbons (Fsp3) is 0.700. The van der Waals surface area contributed by atoms with Crippen molar-refractivity contribution in [3.8, 4) is 0 Å². The molecule has 4 N–H and O–H groups in total. The summed E-state index contributed by atoms with van der Waals surface area (Å²) >= 11 is 0. The quantitative estimate of drug-likeness (QED) is 0.520. The molecule has 0 aliphatic heterocycles. The van der Waals surface area contributed by atoms with E-state index in [0.717, 1.165) is 0 Å². The zero-order chi connectivity index (χ0) is 13.4. The van der Waals surface area contributed by atoms with Crippen LogP contribution in [0.25, 0.3) is 0 Å². The van der Waals surface area contributed by atoms with E-state index in [-0.39, 0.29) is 18.2 Å². The van der Waals surface area contributed by atoms with Gasteiger partial charge in [-0.1, -0.05) is 13.8 Å². The minimum Gasteiger partial charge on any atom is -0.465 e. The molecular weight excluding hydrogens is 226 g/mol. The molecule has 0 saturated heterocycles. The number of amides is 3. The van der Waals surface area contributed by atoms with Crippen LogP contribution in [-0.2, 0) is 9.59 Å². The molecule has 3 amide bonds. The van der Waals surface area contributed by atoms with Crippen molar-refractivity contribution in [2.24, 2.45) is 5.92 Å². The number of hydrogen-bond donors (Lipinski definition) is 4. The monoisotopic (exact) mass is 245 g/mol. The van der Waals surface area contributed by atoms with E-state index in [0.29, 0.717) is 6.42 Å². The fourth-order valence-electron chi connectivity index (χ4n) is 1.37. The van der Waals surface area contributed by atoms with Crippen molar-refractivity contribution in [3.05, 3.63) is 0 Å². The number of nitrogens with one attached hydrogen (secondary N) is 3. The Morgan fingerprint density at radius 1 is 1.18 bits per heavy atom. The standard InChI is InChI=1S/C10H19N3O4/c1-6(2)4-8(11-10(16)17)5-9(15)13-12-7(3)14/h6,8,11H,4-5H2,1-3H3,(H,12,14)(H,13,15)(H,16,17)/t8-/m0/s1. The Hall–Kier alpha value is -1.79. The predicted molar refractivity (Wildman–Crippen MR) is 61.0 cm³/mol. The van der Waals surface area contributed by atoms with Gasteiger partial charge in [0.15, 0.2) is 0 Å². The lowest BCUT2D eigenvalue weighted by atomic mass is 10.0. The zero-order valence-electron chi connectivity index (χ0n) is 10.2. The van der Waals surface area contributed by atoms with Crippen LogP contribution in [0.4, 0.5) is 4.79 Å². The third-order valence-corrected chi connectivity index (χ3v) is 1.89. The third kappa shape index (κ3) is 9.16. The molecule has 98 valence electrons. The van der Waals surface area contributed by atoms with Crippen molar-refractivity contribution in [2.75, 3.05) is 0 Å². The fourth-order valence-corrected chi connectivity index (χ4v) is 1.37. The average Bonchev–Trinajstić information content (AvgIpc) is 2.12. The van der Waals surface area contributed by atoms with Crippen LogP contribution in [0.2, 0.25) is 0 Å². The molecule has 17 heavy (non-hydrogen) atoms. The lowest BCUT2D eigenvalue weighted by Crippen LogP contribution is -2.44. The number of hydrogen-bond acceptors (Lipinski definition) is 3. The van der Waals surface area contributed by atoms with Crippen LogP contribution < -0.4 is 16.2 Å². The smallest absolute Gasteiger partial charge is 0.404 e. The summed E-state index contributed by atoms with van der Waals surface area (Å²) in [7, 11) is 0. The maximum absolute atomic E-state index is 11.4. The van der Waals surface area contributed by atoms with E-state index in [4.69, 9.17) is 5.11 Å². The van der Waals surface area contributed by atoms with Gasteiger partial charge in [-0.3, -0.25) is 20.4 Å². The summed E-state index contributed by atoms with van der Waals surface area (Å²) in [5.41, 5.74) is 4.33. The van der Waals surface area contributed by atoms with Gasteiger partial charge in [-0.15, -0.1) is 0 Å². The minimum absolute atomic E-state index is 0.00917. The Balaban J connectivity index is 4.16. The molecule has 0 radical (unpaired) electrons. The molecule has 0 aliphatic rings. The highest BCUT2D eigenvalue weighted by atomic mass is 16.4. The van der Waals surface area contributed by atoms with Crippen molar-refractivity contribution >= 4 is 17.9 Å². The molecule has 0 unspecified atom stereocenters. The lowest BCUT2D eigenvalue weighted by Gasteiger charge is -2.18. The Morgan fingerprint density at radius 3 is 2.18 bits per heavy atom. The van der Waals surface area contributed by atoms with E-state index in [1.807, 2.05) is 13.8 Å². The van der Waals surface area contributed by atoms with Crippen molar-refractivity contribution in [1.29, 1.82) is 0 Å². The molecule has 0 spiro atoms. The molecule has 0 aliphatic carbocycles. The molecule has 0 aromatic heterocycles. The molecule has 1 atom stereocenters. The summed E-state index contributed by atoms with van der Waals surface area (Å²) < 4.78 is 0. The Bertz CT molecular complexity index is 291. The van der Waals surface area contributed by atoms with Crippen molar-refractivity contribution in [2.45, 2.75) is 39.7 Å². The first kappa shape index (κ1) is 15.2. The minimum atomic E-state index is -1.16. The number of rotatable bonds is 5. The molecule has 0 aromatic rings. The maximum atomic E-state index is 11.4. The van der Waals surface area contributed by atoms with Gasteiger partial charge in [0.1, 0.15) is 0 Å². The first-order valence-electron chi connectivity index (χ1n) is 5.36. The number of carbonyl (C=O) groups is 3. The molecule has 0 aromatic carbocycles. The lowest BCUT2D eigenvalue weighted by molar-refractivity contribution is -0.128. The Labute approximate surface area is 99.9 Å². The van der Waals surface area contributed by atoms with Crippen LogP contribution in [0.3, 0.4) is 0 Å². The average molecular weight is 245 g/mol. The summed E-state index contributed by atoms with van der Waals surface area (Å²) in [5.74, 6) is -0.551. The summed E-state index contributed by atoms with van der Waals surface area (Å²) in [6.07, 6.45) is -0.618. The molecule has 0 bridgehead atoms. The summed E-state index contributed by atoms with van der Waals surface area (Å²) in [6.45, 7) is 5.13. The van der Waals surface area contributed by atoms with Crippen molar-refractivity contribution in [1.82, 2.24) is 16.2 Å². The molecule has 7 heteroatoms. The maximum Gasteiger partial charge on any atom is 0.404 e. The predicted octanol–water partition coefficient (Wildman–Crippen LogP) is 0.226. The van der Waals surface area contributed by atoms with Crippen LogP contribution in [0, 0.1) is 5.92 Å². The number of carboxylic acid groups (broad SMARTS) is 1. The highest BCUT2D eigenvalue weighted by molar-refractivity contribution is 5.81. The van der Waals surface area contributed by atoms with Crippen molar-refractivity contribution in [3.63, 3.8) is 0 Å². The van der Waals surface area contributed by atoms with E-state index in [1.54, 1.807) is 0 Å². The van der Waals surface area contributed by atoms with Crippen LogP contribution in [0.15, 0.2) is 0 Å². The largest absolute Gasteiger partial charge is 0.465 e. The highest BCUT2D eigenvalue weighted by Crippen LogP contribution is 2.07. The van der Waals surface area contributed by atoms with Gasteiger partial charge in [0, 0.05) is 19.4 Å². The van der Waals surface area contributed by atoms with Gasteiger partial charge in [-0.05, 0) is 12.3 Å². The molecule has 0 heterocycles. The SMILES string of the molecule is CC(=O)NNC(=O)C[C@H](CC(C)C)NC(=O)O. The number of carbonyl (C=O) groups excluding carboxylic acids is 2. The van der Waals surface area contributed by atoms with Gasteiger partial charge >= 0.3 is 6.09 Å². The van der Waals surface area contributed by atoms with E-state index < -0.39 is 18.0 Å². The normalized spacial score (nSPS) is 11.8. The van der Waals surface area contributed by atoms with E-state index in [2.05, 4.69) is 16.2 Å². The first-order valence-corrected chi connectivity index (χ1v) is 5.36. The van der Waals surface area contributed by atoms with Gasteiger partial charge in [0.2, 0.25) is 11.8 Å². The summed E-state index contributed by atoms with van der Waals surface area (Å²) in [6, 6.07) is -0.457. The third-order valence-electron chi connectivity index (χ3n) is 1.89. The highest BCUT2D eigenvalue weighted by Gasteiger charge is 2.17. The second kappa shape index (κ2) is 7.48. The summed E-state index contributed by atoms with van der Waals surface area (Å²) in [5, 5.41) is 10.9. The molecule has 0 rings (SSSR count). The van der Waals surface area contributed by atoms with Gasteiger partial charge < -0.3 is 10.4 Å². The Morgan fingerprint density at radius 2 is 1.76 bits per heavy atom. The van der Waals surface area contributed by atoms with Gasteiger partial charge in [-0.2, -0.15) is 0 Å². The first-order chi connectivity index (χ1) is 7.81. The van der Waals surface area contributed by atoms with Gasteiger partial charge in [0.05, 0.1) is 0 Å².